The van der Waals surface area contributed by atoms with Crippen molar-refractivity contribution in [2.75, 3.05) is 13.3 Å². The number of aromatic nitrogens is 1. The topological polar surface area (TPSA) is 63.7 Å². The molecular weight excluding hydrogens is 434 g/mol. The van der Waals surface area contributed by atoms with Gasteiger partial charge in [-0.15, -0.1) is 11.3 Å². The summed E-state index contributed by atoms with van der Waals surface area (Å²) in [7, 11) is 0. The number of hydrogen-bond donors (Lipinski definition) is 1. The van der Waals surface area contributed by atoms with Crippen molar-refractivity contribution < 1.29 is 14.3 Å². The van der Waals surface area contributed by atoms with Crippen LogP contribution in [-0.4, -0.2) is 29.1 Å². The molecule has 0 bridgehead atoms. The highest BCUT2D eigenvalue weighted by Gasteiger charge is 2.17. The lowest BCUT2D eigenvalue weighted by Gasteiger charge is -2.22. The maximum absolute atomic E-state index is 12.4. The van der Waals surface area contributed by atoms with Crippen LogP contribution in [0.1, 0.15) is 58.4 Å². The molecule has 0 unspecified atom stereocenters. The third-order valence-electron chi connectivity index (χ3n) is 5.58. The molecule has 7 heteroatoms. The summed E-state index contributed by atoms with van der Waals surface area (Å²) in [4.78, 5) is 19.4. The van der Waals surface area contributed by atoms with Gasteiger partial charge in [-0.2, -0.15) is 0 Å². The van der Waals surface area contributed by atoms with Crippen LogP contribution in [0.3, 0.4) is 0 Å². The number of fused-ring (bicyclic) bond motifs is 1. The van der Waals surface area contributed by atoms with Crippen LogP contribution in [0.4, 0.5) is 0 Å². The van der Waals surface area contributed by atoms with Crippen molar-refractivity contribution >= 4 is 17.2 Å². The number of amides is 1. The minimum Gasteiger partial charge on any atom is -0.454 e. The summed E-state index contributed by atoms with van der Waals surface area (Å²) < 4.78 is 11.0. The fourth-order valence-corrected chi connectivity index (χ4v) is 4.58. The number of carbonyl (C=O) groups is 1. The number of aryl methyl sites for hydroxylation is 1. The van der Waals surface area contributed by atoms with E-state index in [0.29, 0.717) is 18.8 Å². The number of nitrogens with one attached hydrogen (secondary N) is 1. The molecule has 1 aromatic heterocycles. The SMILES string of the molecule is CCCCCNC(=O)c1csc(CN(Cc2ccc(C)cc2)Cc2ccc3c(c2)OCO3)n1. The van der Waals surface area contributed by atoms with Crippen molar-refractivity contribution in [1.82, 2.24) is 15.2 Å². The summed E-state index contributed by atoms with van der Waals surface area (Å²) in [6.07, 6.45) is 3.26. The Kier molecular flexibility index (Phi) is 7.96. The number of thiazole rings is 1. The quantitative estimate of drug-likeness (QED) is 0.389. The van der Waals surface area contributed by atoms with Gasteiger partial charge in [-0.1, -0.05) is 55.7 Å². The molecule has 2 aromatic carbocycles. The summed E-state index contributed by atoms with van der Waals surface area (Å²) >= 11 is 1.54. The Morgan fingerprint density at radius 1 is 1.03 bits per heavy atom. The molecule has 6 nitrogen and oxygen atoms in total. The molecule has 0 aliphatic carbocycles. The molecule has 33 heavy (non-hydrogen) atoms. The van der Waals surface area contributed by atoms with Gasteiger partial charge in [-0.05, 0) is 36.6 Å². The second-order valence-corrected chi connectivity index (χ2v) is 9.35. The summed E-state index contributed by atoms with van der Waals surface area (Å²) in [5.41, 5.74) is 4.14. The standard InChI is InChI=1S/C26H31N3O3S/c1-3-4-5-12-27-26(30)22-17-33-25(28-22)16-29(14-20-8-6-19(2)7-9-20)15-21-10-11-23-24(13-21)32-18-31-23/h6-11,13,17H,3-5,12,14-16,18H2,1-2H3,(H,27,30). The van der Waals surface area contributed by atoms with Gasteiger partial charge in [-0.25, -0.2) is 4.98 Å². The zero-order valence-electron chi connectivity index (χ0n) is 19.3. The predicted octanol–water partition coefficient (Wildman–Crippen LogP) is 5.30. The molecule has 0 spiro atoms. The van der Waals surface area contributed by atoms with Crippen molar-refractivity contribution in [1.29, 1.82) is 0 Å². The molecule has 0 saturated carbocycles. The Morgan fingerprint density at radius 3 is 2.61 bits per heavy atom. The Labute approximate surface area is 199 Å². The molecule has 1 N–H and O–H groups in total. The van der Waals surface area contributed by atoms with Crippen molar-refractivity contribution in [3.8, 4) is 11.5 Å². The fourth-order valence-electron chi connectivity index (χ4n) is 3.76. The van der Waals surface area contributed by atoms with Gasteiger partial charge in [0.15, 0.2) is 11.5 Å². The van der Waals surface area contributed by atoms with E-state index in [2.05, 4.69) is 59.4 Å². The van der Waals surface area contributed by atoms with E-state index < -0.39 is 0 Å². The van der Waals surface area contributed by atoms with E-state index in [4.69, 9.17) is 9.47 Å². The van der Waals surface area contributed by atoms with Crippen molar-refractivity contribution in [3.05, 3.63) is 75.2 Å². The average molecular weight is 466 g/mol. The number of carbonyl (C=O) groups excluding carboxylic acids is 1. The monoisotopic (exact) mass is 465 g/mol. The van der Waals surface area contributed by atoms with Gasteiger partial charge < -0.3 is 14.8 Å². The molecule has 0 radical (unpaired) electrons. The minimum atomic E-state index is -0.0885. The number of unbranched alkanes of at least 4 members (excludes halogenated alkanes) is 2. The number of hydrogen-bond acceptors (Lipinski definition) is 6. The molecule has 0 saturated heterocycles. The minimum absolute atomic E-state index is 0.0885. The smallest absolute Gasteiger partial charge is 0.270 e. The first-order valence-corrected chi connectivity index (χ1v) is 12.4. The van der Waals surface area contributed by atoms with Crippen molar-refractivity contribution in [3.63, 3.8) is 0 Å². The highest BCUT2D eigenvalue weighted by atomic mass is 32.1. The average Bonchev–Trinajstić information content (AvgIpc) is 3.47. The lowest BCUT2D eigenvalue weighted by Crippen LogP contribution is -2.25. The highest BCUT2D eigenvalue weighted by molar-refractivity contribution is 7.09. The summed E-state index contributed by atoms with van der Waals surface area (Å²) in [5.74, 6) is 1.49. The lowest BCUT2D eigenvalue weighted by molar-refractivity contribution is 0.0948. The van der Waals surface area contributed by atoms with Gasteiger partial charge in [0.25, 0.3) is 5.91 Å². The maximum atomic E-state index is 12.4. The highest BCUT2D eigenvalue weighted by Crippen LogP contribution is 2.33. The van der Waals surface area contributed by atoms with Gasteiger partial charge in [0, 0.05) is 25.0 Å². The molecule has 1 aliphatic rings. The van der Waals surface area contributed by atoms with Gasteiger partial charge in [0.05, 0.1) is 6.54 Å². The first-order valence-electron chi connectivity index (χ1n) is 11.5. The van der Waals surface area contributed by atoms with Crippen LogP contribution in [-0.2, 0) is 19.6 Å². The van der Waals surface area contributed by atoms with Crippen LogP contribution in [0.2, 0.25) is 0 Å². The maximum Gasteiger partial charge on any atom is 0.270 e. The van der Waals surface area contributed by atoms with E-state index in [0.717, 1.165) is 54.4 Å². The largest absolute Gasteiger partial charge is 0.454 e. The van der Waals surface area contributed by atoms with Gasteiger partial charge in [0.1, 0.15) is 10.7 Å². The Balaban J connectivity index is 1.44. The van der Waals surface area contributed by atoms with Crippen molar-refractivity contribution in [2.24, 2.45) is 0 Å². The van der Waals surface area contributed by atoms with E-state index in [1.165, 1.54) is 22.5 Å². The van der Waals surface area contributed by atoms with E-state index in [1.54, 1.807) is 0 Å². The zero-order chi connectivity index (χ0) is 23.0. The van der Waals surface area contributed by atoms with E-state index in [9.17, 15) is 4.79 Å². The third-order valence-corrected chi connectivity index (χ3v) is 6.41. The van der Waals surface area contributed by atoms with Crippen LogP contribution in [0.5, 0.6) is 11.5 Å². The molecule has 0 atom stereocenters. The van der Waals surface area contributed by atoms with Crippen LogP contribution >= 0.6 is 11.3 Å². The Hall–Kier alpha value is -2.90. The molecular formula is C26H31N3O3S. The van der Waals surface area contributed by atoms with E-state index >= 15 is 0 Å². The molecule has 1 aliphatic heterocycles. The number of ether oxygens (including phenoxy) is 2. The summed E-state index contributed by atoms with van der Waals surface area (Å²) in [6.45, 7) is 7.40. The lowest BCUT2D eigenvalue weighted by atomic mass is 10.1. The summed E-state index contributed by atoms with van der Waals surface area (Å²) in [6, 6.07) is 14.7. The second kappa shape index (κ2) is 11.3. The number of benzene rings is 2. The van der Waals surface area contributed by atoms with Gasteiger partial charge in [0.2, 0.25) is 6.79 Å². The van der Waals surface area contributed by atoms with E-state index in [1.807, 2.05) is 17.5 Å². The zero-order valence-corrected chi connectivity index (χ0v) is 20.1. The van der Waals surface area contributed by atoms with Gasteiger partial charge in [-0.3, -0.25) is 9.69 Å². The Bertz CT molecular complexity index is 1060. The first-order chi connectivity index (χ1) is 16.1. The fraction of sp³-hybridized carbons (Fsp3) is 0.385. The number of nitrogens with zero attached hydrogens (tertiary/aromatic N) is 2. The molecule has 1 amide bonds. The van der Waals surface area contributed by atoms with Crippen LogP contribution in [0.15, 0.2) is 47.8 Å². The molecule has 174 valence electrons. The molecule has 3 aromatic rings. The van der Waals surface area contributed by atoms with E-state index in [-0.39, 0.29) is 12.7 Å². The van der Waals surface area contributed by atoms with Crippen molar-refractivity contribution in [2.45, 2.75) is 52.7 Å². The second-order valence-electron chi connectivity index (χ2n) is 8.41. The van der Waals surface area contributed by atoms with Crippen LogP contribution in [0, 0.1) is 6.92 Å². The number of rotatable bonds is 11. The third kappa shape index (κ3) is 6.55. The summed E-state index contributed by atoms with van der Waals surface area (Å²) in [5, 5.41) is 5.76. The predicted molar refractivity (Wildman–Crippen MR) is 131 cm³/mol. The molecule has 0 fully saturated rings. The Morgan fingerprint density at radius 2 is 1.79 bits per heavy atom. The normalized spacial score (nSPS) is 12.3. The first kappa shape index (κ1) is 23.3. The van der Waals surface area contributed by atoms with Gasteiger partial charge >= 0.3 is 0 Å². The van der Waals surface area contributed by atoms with Crippen LogP contribution < -0.4 is 14.8 Å². The molecule has 4 rings (SSSR count). The molecule has 2 heterocycles. The van der Waals surface area contributed by atoms with Crippen LogP contribution in [0.25, 0.3) is 0 Å².